The van der Waals surface area contributed by atoms with Crippen LogP contribution < -0.4 is 10.6 Å². The van der Waals surface area contributed by atoms with Gasteiger partial charge < -0.3 is 15.4 Å². The molecule has 1 aromatic carbocycles. The Morgan fingerprint density at radius 3 is 2.72 bits per heavy atom. The predicted molar refractivity (Wildman–Crippen MR) is 105 cm³/mol. The Balaban J connectivity index is 0.00000156. The zero-order valence-electron chi connectivity index (χ0n) is 14.6. The molecule has 0 saturated carbocycles. The molecular formula is C18H29Cl2N3O2. The van der Waals surface area contributed by atoms with Crippen molar-refractivity contribution in [1.82, 2.24) is 15.5 Å². The van der Waals surface area contributed by atoms with E-state index in [1.807, 2.05) is 0 Å². The Labute approximate surface area is 162 Å². The molecule has 2 aliphatic rings. The summed E-state index contributed by atoms with van der Waals surface area (Å²) >= 11 is 0. The molecule has 2 aliphatic heterocycles. The molecule has 2 saturated heterocycles. The summed E-state index contributed by atoms with van der Waals surface area (Å²) in [5.41, 5.74) is 1.35. The molecule has 3 atom stereocenters. The van der Waals surface area contributed by atoms with Gasteiger partial charge in [0.2, 0.25) is 5.91 Å². The molecule has 0 bridgehead atoms. The SMILES string of the molecule is CC1CC(NC(=O)C2COCCN2)CCN1Cc1ccccc1.Cl.Cl. The molecule has 7 heteroatoms. The number of carbonyl (C=O) groups excluding carboxylic acids is 1. The molecule has 1 amide bonds. The molecule has 1 aromatic rings. The number of hydrogen-bond acceptors (Lipinski definition) is 4. The molecule has 3 rings (SSSR count). The summed E-state index contributed by atoms with van der Waals surface area (Å²) < 4.78 is 5.37. The van der Waals surface area contributed by atoms with Gasteiger partial charge >= 0.3 is 0 Å². The lowest BCUT2D eigenvalue weighted by Crippen LogP contribution is -2.55. The number of amides is 1. The van der Waals surface area contributed by atoms with Gasteiger partial charge in [-0.1, -0.05) is 30.3 Å². The quantitative estimate of drug-likeness (QED) is 0.826. The van der Waals surface area contributed by atoms with Gasteiger partial charge in [-0.2, -0.15) is 0 Å². The number of hydrogen-bond donors (Lipinski definition) is 2. The van der Waals surface area contributed by atoms with Crippen molar-refractivity contribution in [3.05, 3.63) is 35.9 Å². The highest BCUT2D eigenvalue weighted by molar-refractivity contribution is 5.85. The molecule has 2 heterocycles. The van der Waals surface area contributed by atoms with Crippen LogP contribution in [0.5, 0.6) is 0 Å². The summed E-state index contributed by atoms with van der Waals surface area (Å²) in [4.78, 5) is 14.8. The average molecular weight is 390 g/mol. The highest BCUT2D eigenvalue weighted by Crippen LogP contribution is 2.20. The van der Waals surface area contributed by atoms with E-state index in [-0.39, 0.29) is 42.8 Å². The molecule has 0 radical (unpaired) electrons. The normalized spacial score (nSPS) is 26.8. The summed E-state index contributed by atoms with van der Waals surface area (Å²) in [7, 11) is 0. The minimum absolute atomic E-state index is 0. The zero-order chi connectivity index (χ0) is 16.1. The van der Waals surface area contributed by atoms with Gasteiger partial charge in [-0.3, -0.25) is 9.69 Å². The Morgan fingerprint density at radius 1 is 1.32 bits per heavy atom. The molecule has 0 aromatic heterocycles. The number of piperidine rings is 1. The lowest BCUT2D eigenvalue weighted by atomic mass is 9.97. The van der Waals surface area contributed by atoms with E-state index in [1.54, 1.807) is 0 Å². The van der Waals surface area contributed by atoms with Gasteiger partial charge in [0.05, 0.1) is 13.2 Å². The fraction of sp³-hybridized carbons (Fsp3) is 0.611. The highest BCUT2D eigenvalue weighted by atomic mass is 35.5. The number of rotatable bonds is 4. The van der Waals surface area contributed by atoms with E-state index in [1.165, 1.54) is 5.56 Å². The maximum atomic E-state index is 12.3. The summed E-state index contributed by atoms with van der Waals surface area (Å²) in [6.45, 7) is 6.19. The average Bonchev–Trinajstić information content (AvgIpc) is 2.59. The van der Waals surface area contributed by atoms with Crippen LogP contribution in [0.25, 0.3) is 0 Å². The van der Waals surface area contributed by atoms with Crippen LogP contribution in [0.1, 0.15) is 25.3 Å². The van der Waals surface area contributed by atoms with Crippen LogP contribution in [0.4, 0.5) is 0 Å². The van der Waals surface area contributed by atoms with Gasteiger partial charge in [0.15, 0.2) is 0 Å². The fourth-order valence-corrected chi connectivity index (χ4v) is 3.44. The Morgan fingerprint density at radius 2 is 2.08 bits per heavy atom. The van der Waals surface area contributed by atoms with Crippen LogP contribution in [0.15, 0.2) is 30.3 Å². The summed E-state index contributed by atoms with van der Waals surface area (Å²) in [5, 5.41) is 6.41. The first-order chi connectivity index (χ1) is 11.2. The van der Waals surface area contributed by atoms with Gasteiger partial charge in [-0.25, -0.2) is 0 Å². The summed E-state index contributed by atoms with van der Waals surface area (Å²) in [6.07, 6.45) is 2.02. The molecule has 0 aliphatic carbocycles. The second kappa shape index (κ2) is 11.0. The third-order valence-corrected chi connectivity index (χ3v) is 4.83. The van der Waals surface area contributed by atoms with Crippen LogP contribution in [0.3, 0.4) is 0 Å². The highest BCUT2D eigenvalue weighted by Gasteiger charge is 2.29. The fourth-order valence-electron chi connectivity index (χ4n) is 3.44. The number of likely N-dealkylation sites (tertiary alicyclic amines) is 1. The molecule has 25 heavy (non-hydrogen) atoms. The molecular weight excluding hydrogens is 361 g/mol. The van der Waals surface area contributed by atoms with E-state index >= 15 is 0 Å². The molecule has 3 unspecified atom stereocenters. The Kier molecular flexibility index (Phi) is 9.75. The van der Waals surface area contributed by atoms with Crippen LogP contribution in [-0.2, 0) is 16.1 Å². The number of carbonyl (C=O) groups is 1. The second-order valence-corrected chi connectivity index (χ2v) is 6.62. The Bertz CT molecular complexity index is 512. The topological polar surface area (TPSA) is 53.6 Å². The van der Waals surface area contributed by atoms with Gasteiger partial charge in [-0.05, 0) is 25.3 Å². The Hall–Kier alpha value is -0.850. The van der Waals surface area contributed by atoms with Crippen molar-refractivity contribution in [2.75, 3.05) is 26.3 Å². The zero-order valence-corrected chi connectivity index (χ0v) is 16.3. The number of halogens is 2. The smallest absolute Gasteiger partial charge is 0.239 e. The lowest BCUT2D eigenvalue weighted by Gasteiger charge is -2.38. The van der Waals surface area contributed by atoms with Gasteiger partial charge in [0.25, 0.3) is 0 Å². The second-order valence-electron chi connectivity index (χ2n) is 6.62. The minimum atomic E-state index is -0.193. The minimum Gasteiger partial charge on any atom is -0.378 e. The number of morpholine rings is 1. The summed E-state index contributed by atoms with van der Waals surface area (Å²) in [5.74, 6) is 0.0819. The lowest BCUT2D eigenvalue weighted by molar-refractivity contribution is -0.127. The molecule has 5 nitrogen and oxygen atoms in total. The van der Waals surface area contributed by atoms with Crippen molar-refractivity contribution in [1.29, 1.82) is 0 Å². The van der Waals surface area contributed by atoms with Gasteiger partial charge in [0, 0.05) is 31.7 Å². The van der Waals surface area contributed by atoms with Crippen LogP contribution in [0, 0.1) is 0 Å². The first-order valence-corrected chi connectivity index (χ1v) is 8.62. The van der Waals surface area contributed by atoms with E-state index in [0.717, 1.165) is 32.5 Å². The van der Waals surface area contributed by atoms with E-state index < -0.39 is 0 Å². The van der Waals surface area contributed by atoms with Crippen molar-refractivity contribution in [3.63, 3.8) is 0 Å². The van der Waals surface area contributed by atoms with Gasteiger partial charge in [-0.15, -0.1) is 24.8 Å². The molecule has 2 N–H and O–H groups in total. The molecule has 0 spiro atoms. The maximum absolute atomic E-state index is 12.3. The van der Waals surface area contributed by atoms with Gasteiger partial charge in [0.1, 0.15) is 6.04 Å². The van der Waals surface area contributed by atoms with E-state index in [0.29, 0.717) is 19.3 Å². The predicted octanol–water partition coefficient (Wildman–Crippen LogP) is 1.99. The van der Waals surface area contributed by atoms with Crippen molar-refractivity contribution < 1.29 is 9.53 Å². The molecule has 2 fully saturated rings. The first-order valence-electron chi connectivity index (χ1n) is 8.62. The van der Waals surface area contributed by atoms with Crippen molar-refractivity contribution in [2.45, 2.75) is 44.4 Å². The van der Waals surface area contributed by atoms with E-state index in [4.69, 9.17) is 4.74 Å². The van der Waals surface area contributed by atoms with Crippen LogP contribution in [-0.4, -0.2) is 55.2 Å². The maximum Gasteiger partial charge on any atom is 0.239 e. The third kappa shape index (κ3) is 6.42. The number of nitrogens with zero attached hydrogens (tertiary/aromatic N) is 1. The summed E-state index contributed by atoms with van der Waals surface area (Å²) in [6, 6.07) is 11.1. The van der Waals surface area contributed by atoms with Crippen molar-refractivity contribution >= 4 is 30.7 Å². The number of ether oxygens (including phenoxy) is 1. The number of nitrogens with one attached hydrogen (secondary N) is 2. The van der Waals surface area contributed by atoms with Crippen LogP contribution >= 0.6 is 24.8 Å². The van der Waals surface area contributed by atoms with E-state index in [9.17, 15) is 4.79 Å². The largest absolute Gasteiger partial charge is 0.378 e. The van der Waals surface area contributed by atoms with Crippen molar-refractivity contribution in [3.8, 4) is 0 Å². The third-order valence-electron chi connectivity index (χ3n) is 4.83. The van der Waals surface area contributed by atoms with Crippen LogP contribution in [0.2, 0.25) is 0 Å². The first kappa shape index (κ1) is 22.2. The standard InChI is InChI=1S/C18H27N3O2.2ClH/c1-14-11-16(20-18(22)17-13-23-10-8-19-17)7-9-21(14)12-15-5-3-2-4-6-15;;/h2-6,14,16-17,19H,7-13H2,1H3,(H,20,22);2*1H. The molecule has 142 valence electrons. The van der Waals surface area contributed by atoms with E-state index in [2.05, 4.69) is 52.8 Å². The monoisotopic (exact) mass is 389 g/mol. The number of benzene rings is 1. The van der Waals surface area contributed by atoms with Crippen molar-refractivity contribution in [2.24, 2.45) is 0 Å².